The molecule has 96 valence electrons. The summed E-state index contributed by atoms with van der Waals surface area (Å²) < 4.78 is 1.11. The highest BCUT2D eigenvalue weighted by atomic mass is 79.9. The van der Waals surface area contributed by atoms with E-state index in [1.54, 1.807) is 0 Å². The van der Waals surface area contributed by atoms with Crippen LogP contribution < -0.4 is 5.32 Å². The molecule has 2 aromatic rings. The molecule has 0 saturated heterocycles. The number of rotatable bonds is 5. The normalized spacial score (nSPS) is 12.8. The fraction of sp³-hybridized carbons (Fsp3) is 0.400. The summed E-state index contributed by atoms with van der Waals surface area (Å²) in [4.78, 5) is 4.50. The number of nitrogens with one attached hydrogen (secondary N) is 1. The maximum Gasteiger partial charge on any atom is 0.0758 e. The highest BCUT2D eigenvalue weighted by Gasteiger charge is 2.06. The lowest BCUT2D eigenvalue weighted by Crippen LogP contribution is -2.25. The van der Waals surface area contributed by atoms with Crippen molar-refractivity contribution in [2.75, 3.05) is 0 Å². The van der Waals surface area contributed by atoms with Crippen LogP contribution >= 0.6 is 15.9 Å². The van der Waals surface area contributed by atoms with Gasteiger partial charge >= 0.3 is 0 Å². The average molecular weight is 307 g/mol. The first kappa shape index (κ1) is 13.5. The van der Waals surface area contributed by atoms with Gasteiger partial charge in [-0.1, -0.05) is 41.4 Å². The van der Waals surface area contributed by atoms with E-state index in [2.05, 4.69) is 58.3 Å². The number of halogens is 1. The fourth-order valence-electron chi connectivity index (χ4n) is 2.16. The van der Waals surface area contributed by atoms with Gasteiger partial charge in [0.25, 0.3) is 0 Å². The molecule has 2 nitrogen and oxygen atoms in total. The molecule has 18 heavy (non-hydrogen) atoms. The second-order valence-electron chi connectivity index (χ2n) is 4.68. The summed E-state index contributed by atoms with van der Waals surface area (Å²) in [5, 5.41) is 4.74. The molecule has 0 spiro atoms. The molecule has 1 unspecified atom stereocenters. The summed E-state index contributed by atoms with van der Waals surface area (Å²) in [5.41, 5.74) is 2.35. The molecule has 1 aromatic carbocycles. The minimum absolute atomic E-state index is 0.553. The van der Waals surface area contributed by atoms with E-state index < -0.39 is 0 Å². The van der Waals surface area contributed by atoms with Gasteiger partial charge in [0.05, 0.1) is 5.52 Å². The molecule has 0 aliphatic carbocycles. The first-order valence-electron chi connectivity index (χ1n) is 6.48. The van der Waals surface area contributed by atoms with Crippen molar-refractivity contribution in [2.24, 2.45) is 0 Å². The Labute approximate surface area is 117 Å². The Bertz CT molecular complexity index is 525. The van der Waals surface area contributed by atoms with Crippen LogP contribution in [0.5, 0.6) is 0 Å². The van der Waals surface area contributed by atoms with Gasteiger partial charge in [-0.15, -0.1) is 0 Å². The van der Waals surface area contributed by atoms with Gasteiger partial charge in [-0.3, -0.25) is 4.98 Å². The summed E-state index contributed by atoms with van der Waals surface area (Å²) in [5.74, 6) is 0. The van der Waals surface area contributed by atoms with Crippen molar-refractivity contribution < 1.29 is 0 Å². The topological polar surface area (TPSA) is 24.9 Å². The van der Waals surface area contributed by atoms with Gasteiger partial charge in [0.15, 0.2) is 0 Å². The van der Waals surface area contributed by atoms with Gasteiger partial charge in [-0.25, -0.2) is 0 Å². The lowest BCUT2D eigenvalue weighted by molar-refractivity contribution is 0.509. The molecule has 0 aliphatic heterocycles. The number of fused-ring (bicyclic) bond motifs is 1. The molecular weight excluding hydrogens is 288 g/mol. The molecule has 0 aliphatic rings. The van der Waals surface area contributed by atoms with Crippen LogP contribution in [0.15, 0.2) is 34.9 Å². The molecule has 1 atom stereocenters. The number of aromatic nitrogens is 1. The summed E-state index contributed by atoms with van der Waals surface area (Å²) in [6.45, 7) is 5.33. The van der Waals surface area contributed by atoms with E-state index in [0.29, 0.717) is 6.04 Å². The minimum atomic E-state index is 0.553. The maximum absolute atomic E-state index is 4.50. The van der Waals surface area contributed by atoms with Gasteiger partial charge in [0, 0.05) is 28.6 Å². The van der Waals surface area contributed by atoms with Crippen LogP contribution in [0.3, 0.4) is 0 Å². The zero-order valence-corrected chi connectivity index (χ0v) is 12.5. The molecule has 1 heterocycles. The summed E-state index contributed by atoms with van der Waals surface area (Å²) in [7, 11) is 0. The molecule has 1 aromatic heterocycles. The van der Waals surface area contributed by atoms with E-state index in [-0.39, 0.29) is 0 Å². The lowest BCUT2D eigenvalue weighted by Gasteiger charge is -2.14. The van der Waals surface area contributed by atoms with Crippen molar-refractivity contribution in [1.29, 1.82) is 0 Å². The summed E-state index contributed by atoms with van der Waals surface area (Å²) >= 11 is 3.58. The van der Waals surface area contributed by atoms with Crippen LogP contribution in [-0.2, 0) is 6.54 Å². The zero-order valence-electron chi connectivity index (χ0n) is 10.9. The third-order valence-electron chi connectivity index (χ3n) is 3.16. The van der Waals surface area contributed by atoms with Crippen molar-refractivity contribution in [3.05, 3.63) is 40.5 Å². The Kier molecular flexibility index (Phi) is 4.72. The lowest BCUT2D eigenvalue weighted by atomic mass is 10.1. The Balaban J connectivity index is 2.21. The third-order valence-corrected chi connectivity index (χ3v) is 3.85. The zero-order chi connectivity index (χ0) is 13.0. The molecular formula is C15H19BrN2. The molecule has 0 amide bonds. The van der Waals surface area contributed by atoms with E-state index in [9.17, 15) is 0 Å². The van der Waals surface area contributed by atoms with Crippen LogP contribution in [0.1, 0.15) is 32.3 Å². The van der Waals surface area contributed by atoms with E-state index >= 15 is 0 Å². The first-order chi connectivity index (χ1) is 8.72. The van der Waals surface area contributed by atoms with Gasteiger partial charge < -0.3 is 5.32 Å². The summed E-state index contributed by atoms with van der Waals surface area (Å²) in [6, 6.07) is 8.88. The predicted octanol–water partition coefficient (Wildman–Crippen LogP) is 4.28. The third kappa shape index (κ3) is 3.09. The monoisotopic (exact) mass is 306 g/mol. The van der Waals surface area contributed by atoms with Crippen molar-refractivity contribution in [3.63, 3.8) is 0 Å². The van der Waals surface area contributed by atoms with Crippen molar-refractivity contribution in [2.45, 2.75) is 39.3 Å². The second kappa shape index (κ2) is 6.30. The number of hydrogen-bond donors (Lipinski definition) is 1. The summed E-state index contributed by atoms with van der Waals surface area (Å²) in [6.07, 6.45) is 4.28. The molecule has 0 fully saturated rings. The predicted molar refractivity (Wildman–Crippen MR) is 80.7 cm³/mol. The Morgan fingerprint density at radius 3 is 2.94 bits per heavy atom. The highest BCUT2D eigenvalue weighted by molar-refractivity contribution is 9.10. The Hall–Kier alpha value is -0.930. The van der Waals surface area contributed by atoms with E-state index in [1.165, 1.54) is 23.8 Å². The Morgan fingerprint density at radius 1 is 1.33 bits per heavy atom. The van der Waals surface area contributed by atoms with Gasteiger partial charge in [0.1, 0.15) is 0 Å². The van der Waals surface area contributed by atoms with Crippen molar-refractivity contribution in [1.82, 2.24) is 10.3 Å². The molecule has 0 radical (unpaired) electrons. The van der Waals surface area contributed by atoms with Crippen LogP contribution in [0, 0.1) is 0 Å². The van der Waals surface area contributed by atoms with E-state index in [0.717, 1.165) is 16.5 Å². The second-order valence-corrected chi connectivity index (χ2v) is 5.53. The van der Waals surface area contributed by atoms with Crippen LogP contribution in [-0.4, -0.2) is 11.0 Å². The quantitative estimate of drug-likeness (QED) is 0.892. The SMILES string of the molecule is CCCC(C)NCc1ccc(Br)c2cccnc12. The molecule has 2 rings (SSSR count). The van der Waals surface area contributed by atoms with E-state index in [4.69, 9.17) is 0 Å². The number of benzene rings is 1. The minimum Gasteiger partial charge on any atom is -0.310 e. The van der Waals surface area contributed by atoms with Gasteiger partial charge in [-0.2, -0.15) is 0 Å². The molecule has 0 bridgehead atoms. The first-order valence-corrected chi connectivity index (χ1v) is 7.27. The standard InChI is InChI=1S/C15H19BrN2/c1-3-5-11(2)18-10-12-7-8-14(16)13-6-4-9-17-15(12)13/h4,6-9,11,18H,3,5,10H2,1-2H3. The number of nitrogens with zero attached hydrogens (tertiary/aromatic N) is 1. The van der Waals surface area contributed by atoms with Gasteiger partial charge in [-0.05, 0) is 31.0 Å². The van der Waals surface area contributed by atoms with Crippen molar-refractivity contribution in [3.8, 4) is 0 Å². The average Bonchev–Trinajstić information content (AvgIpc) is 2.39. The van der Waals surface area contributed by atoms with Crippen LogP contribution in [0.2, 0.25) is 0 Å². The number of hydrogen-bond acceptors (Lipinski definition) is 2. The van der Waals surface area contributed by atoms with Crippen LogP contribution in [0.25, 0.3) is 10.9 Å². The maximum atomic E-state index is 4.50. The number of pyridine rings is 1. The Morgan fingerprint density at radius 2 is 2.17 bits per heavy atom. The van der Waals surface area contributed by atoms with Crippen LogP contribution in [0.4, 0.5) is 0 Å². The van der Waals surface area contributed by atoms with Gasteiger partial charge in [0.2, 0.25) is 0 Å². The van der Waals surface area contributed by atoms with E-state index in [1.807, 2.05) is 12.3 Å². The fourth-order valence-corrected chi connectivity index (χ4v) is 2.61. The molecule has 1 N–H and O–H groups in total. The van der Waals surface area contributed by atoms with Crippen molar-refractivity contribution >= 4 is 26.8 Å². The molecule has 3 heteroatoms. The molecule has 0 saturated carbocycles. The smallest absolute Gasteiger partial charge is 0.0758 e. The largest absolute Gasteiger partial charge is 0.310 e. The highest BCUT2D eigenvalue weighted by Crippen LogP contribution is 2.25.